The van der Waals surface area contributed by atoms with E-state index in [9.17, 15) is 4.39 Å². The van der Waals surface area contributed by atoms with Crippen molar-refractivity contribution in [3.8, 4) is 11.8 Å². The molecule has 4 nitrogen and oxygen atoms in total. The van der Waals surface area contributed by atoms with Crippen LogP contribution in [0.3, 0.4) is 0 Å². The maximum Gasteiger partial charge on any atom is 0.166 e. The molecule has 2 aliphatic rings. The van der Waals surface area contributed by atoms with E-state index in [1.807, 2.05) is 25.2 Å². The van der Waals surface area contributed by atoms with E-state index >= 15 is 0 Å². The molecule has 3 atom stereocenters. The molecule has 4 rings (SSSR count). The molecular formula is C21H22FN3O. The molecule has 2 aromatic rings. The van der Waals surface area contributed by atoms with Crippen molar-refractivity contribution in [1.29, 1.82) is 5.26 Å². The number of nitrogens with zero attached hydrogens (tertiary/aromatic N) is 2. The lowest BCUT2D eigenvalue weighted by atomic mass is 10.1. The van der Waals surface area contributed by atoms with Gasteiger partial charge in [0.2, 0.25) is 0 Å². The summed E-state index contributed by atoms with van der Waals surface area (Å²) in [5.41, 5.74) is 2.70. The number of ether oxygens (including phenoxy) is 1. The third-order valence-corrected chi connectivity index (χ3v) is 5.55. The Bertz CT molecular complexity index is 847. The van der Waals surface area contributed by atoms with Gasteiger partial charge in [0.25, 0.3) is 0 Å². The summed E-state index contributed by atoms with van der Waals surface area (Å²) in [5.74, 6) is -0.276. The highest BCUT2D eigenvalue weighted by Crippen LogP contribution is 2.39. The molecule has 26 heavy (non-hydrogen) atoms. The van der Waals surface area contributed by atoms with Crippen LogP contribution in [0.1, 0.15) is 29.2 Å². The zero-order chi connectivity index (χ0) is 18.1. The van der Waals surface area contributed by atoms with Gasteiger partial charge in [-0.1, -0.05) is 24.3 Å². The maximum absolute atomic E-state index is 14.4. The van der Waals surface area contributed by atoms with Crippen LogP contribution in [-0.4, -0.2) is 37.1 Å². The van der Waals surface area contributed by atoms with E-state index < -0.39 is 5.82 Å². The summed E-state index contributed by atoms with van der Waals surface area (Å²) >= 11 is 0. The predicted octanol–water partition coefficient (Wildman–Crippen LogP) is 3.04. The summed E-state index contributed by atoms with van der Waals surface area (Å²) in [6, 6.07) is 15.3. The zero-order valence-corrected chi connectivity index (χ0v) is 14.8. The predicted molar refractivity (Wildman–Crippen MR) is 97.5 cm³/mol. The van der Waals surface area contributed by atoms with Crippen molar-refractivity contribution >= 4 is 0 Å². The molecule has 2 unspecified atom stereocenters. The van der Waals surface area contributed by atoms with Crippen LogP contribution in [0, 0.1) is 17.1 Å². The summed E-state index contributed by atoms with van der Waals surface area (Å²) in [6.07, 6.45) is 1.82. The van der Waals surface area contributed by atoms with Gasteiger partial charge in [-0.15, -0.1) is 0 Å². The molecule has 1 heterocycles. The Balaban J connectivity index is 1.63. The number of likely N-dealkylation sites (tertiary alicyclic amines) is 1. The lowest BCUT2D eigenvalue weighted by Crippen LogP contribution is -2.40. The Morgan fingerprint density at radius 2 is 2.12 bits per heavy atom. The zero-order valence-electron chi connectivity index (χ0n) is 14.8. The molecule has 0 saturated carbocycles. The van der Waals surface area contributed by atoms with E-state index in [0.717, 1.165) is 31.5 Å². The van der Waals surface area contributed by atoms with E-state index in [4.69, 9.17) is 10.00 Å². The smallest absolute Gasteiger partial charge is 0.166 e. The van der Waals surface area contributed by atoms with Gasteiger partial charge in [-0.25, -0.2) is 4.39 Å². The second-order valence-corrected chi connectivity index (χ2v) is 7.03. The number of hydrogen-bond acceptors (Lipinski definition) is 4. The number of likely N-dealkylation sites (N-methyl/N-ethyl adjacent to an activating group) is 1. The number of nitriles is 1. The van der Waals surface area contributed by atoms with Crippen molar-refractivity contribution in [1.82, 2.24) is 10.2 Å². The van der Waals surface area contributed by atoms with Gasteiger partial charge in [-0.3, -0.25) is 4.90 Å². The van der Waals surface area contributed by atoms with Crippen LogP contribution in [0.4, 0.5) is 4.39 Å². The molecule has 0 radical (unpaired) electrons. The third-order valence-electron chi connectivity index (χ3n) is 5.55. The fraction of sp³-hybridized carbons (Fsp3) is 0.381. The van der Waals surface area contributed by atoms with E-state index in [2.05, 4.69) is 22.3 Å². The van der Waals surface area contributed by atoms with Gasteiger partial charge in [-0.05, 0) is 49.2 Å². The fourth-order valence-electron chi connectivity index (χ4n) is 4.13. The molecule has 0 bridgehead atoms. The monoisotopic (exact) mass is 351 g/mol. The maximum atomic E-state index is 14.4. The lowest BCUT2D eigenvalue weighted by molar-refractivity contribution is 0.0893. The Hall–Kier alpha value is -2.42. The van der Waals surface area contributed by atoms with Gasteiger partial charge in [0.05, 0.1) is 17.7 Å². The normalized spacial score (nSPS) is 25.0. The number of rotatable bonds is 4. The van der Waals surface area contributed by atoms with Crippen LogP contribution in [0.25, 0.3) is 0 Å². The number of halogens is 1. The van der Waals surface area contributed by atoms with Crippen LogP contribution in [0.5, 0.6) is 5.75 Å². The van der Waals surface area contributed by atoms with Gasteiger partial charge < -0.3 is 10.1 Å². The van der Waals surface area contributed by atoms with Gasteiger partial charge in [0, 0.05) is 19.1 Å². The molecular weight excluding hydrogens is 329 g/mol. The number of benzene rings is 2. The molecule has 1 N–H and O–H groups in total. The fourth-order valence-corrected chi connectivity index (χ4v) is 4.13. The van der Waals surface area contributed by atoms with E-state index in [1.54, 1.807) is 12.1 Å². The van der Waals surface area contributed by atoms with Crippen LogP contribution >= 0.6 is 0 Å². The molecule has 2 aromatic carbocycles. The largest absolute Gasteiger partial charge is 0.481 e. The van der Waals surface area contributed by atoms with Crippen molar-refractivity contribution in [2.24, 2.45) is 0 Å². The molecule has 0 aromatic heterocycles. The lowest BCUT2D eigenvalue weighted by Gasteiger charge is -2.30. The second-order valence-electron chi connectivity index (χ2n) is 7.03. The average molecular weight is 351 g/mol. The van der Waals surface area contributed by atoms with E-state index in [-0.39, 0.29) is 17.9 Å². The van der Waals surface area contributed by atoms with Gasteiger partial charge in [-0.2, -0.15) is 5.26 Å². The van der Waals surface area contributed by atoms with Gasteiger partial charge in [0.15, 0.2) is 11.6 Å². The highest BCUT2D eigenvalue weighted by Gasteiger charge is 2.40. The Morgan fingerprint density at radius 1 is 1.27 bits per heavy atom. The van der Waals surface area contributed by atoms with Crippen LogP contribution in [-0.2, 0) is 6.42 Å². The SMILES string of the molecule is CNC1CCN([C@@H]2Cc3ccccc3C2Oc2ccc(C#N)cc2F)C1. The minimum Gasteiger partial charge on any atom is -0.481 e. The van der Waals surface area contributed by atoms with Crippen molar-refractivity contribution in [2.75, 3.05) is 20.1 Å². The molecule has 1 aliphatic heterocycles. The summed E-state index contributed by atoms with van der Waals surface area (Å²) in [5, 5.41) is 12.3. The molecule has 134 valence electrons. The van der Waals surface area contributed by atoms with E-state index in [0.29, 0.717) is 11.6 Å². The summed E-state index contributed by atoms with van der Waals surface area (Å²) in [7, 11) is 2.00. The summed E-state index contributed by atoms with van der Waals surface area (Å²) in [4.78, 5) is 2.45. The van der Waals surface area contributed by atoms with Crippen LogP contribution in [0.15, 0.2) is 42.5 Å². The quantitative estimate of drug-likeness (QED) is 0.920. The Kier molecular flexibility index (Phi) is 4.62. The topological polar surface area (TPSA) is 48.3 Å². The van der Waals surface area contributed by atoms with Crippen molar-refractivity contribution in [3.05, 3.63) is 65.0 Å². The average Bonchev–Trinajstić information content (AvgIpc) is 3.28. The first kappa shape index (κ1) is 17.0. The molecule has 1 aliphatic carbocycles. The highest BCUT2D eigenvalue weighted by molar-refractivity contribution is 5.40. The second kappa shape index (κ2) is 7.06. The first-order valence-electron chi connectivity index (χ1n) is 9.05. The number of nitrogens with one attached hydrogen (secondary N) is 1. The molecule has 1 fully saturated rings. The van der Waals surface area contributed by atoms with Gasteiger partial charge >= 0.3 is 0 Å². The first-order chi connectivity index (χ1) is 12.7. The highest BCUT2D eigenvalue weighted by atomic mass is 19.1. The van der Waals surface area contributed by atoms with Crippen molar-refractivity contribution in [3.63, 3.8) is 0 Å². The standard InChI is InChI=1S/C21H22FN3O/c1-24-16-8-9-25(13-16)19-11-15-4-2-3-5-17(15)21(19)26-20-7-6-14(12-23)10-18(20)22/h2-7,10,16,19,21,24H,8-9,11,13H2,1H3/t16?,19-,21?/m1/s1. The Morgan fingerprint density at radius 3 is 2.85 bits per heavy atom. The number of hydrogen-bond donors (Lipinski definition) is 1. The van der Waals surface area contributed by atoms with Crippen LogP contribution < -0.4 is 10.1 Å². The van der Waals surface area contributed by atoms with Gasteiger partial charge in [0.1, 0.15) is 6.10 Å². The number of fused-ring (bicyclic) bond motifs is 1. The van der Waals surface area contributed by atoms with Crippen LogP contribution in [0.2, 0.25) is 0 Å². The van der Waals surface area contributed by atoms with E-state index in [1.165, 1.54) is 11.6 Å². The molecule has 0 amide bonds. The third kappa shape index (κ3) is 3.07. The first-order valence-corrected chi connectivity index (χ1v) is 9.05. The Labute approximate surface area is 153 Å². The minimum absolute atomic E-state index is 0.195. The molecule has 5 heteroatoms. The summed E-state index contributed by atoms with van der Waals surface area (Å²) < 4.78 is 20.6. The minimum atomic E-state index is -0.485. The molecule has 0 spiro atoms. The van der Waals surface area contributed by atoms with Crippen molar-refractivity contribution < 1.29 is 9.13 Å². The summed E-state index contributed by atoms with van der Waals surface area (Å²) in [6.45, 7) is 1.99. The van der Waals surface area contributed by atoms with Crippen molar-refractivity contribution in [2.45, 2.75) is 31.0 Å². The molecule has 1 saturated heterocycles.